The van der Waals surface area contributed by atoms with Crippen LogP contribution in [0.1, 0.15) is 31.1 Å². The van der Waals surface area contributed by atoms with E-state index < -0.39 is 6.10 Å². The lowest BCUT2D eigenvalue weighted by Crippen LogP contribution is -2.07. The summed E-state index contributed by atoms with van der Waals surface area (Å²) >= 11 is 1.65. The second kappa shape index (κ2) is 7.48. The minimum absolute atomic E-state index is 0.0977. The number of aryl methyl sites for hydroxylation is 1. The topological polar surface area (TPSA) is 42.4 Å². The molecular weight excluding hydrogens is 282 g/mol. The van der Waals surface area contributed by atoms with Crippen molar-refractivity contribution in [1.29, 1.82) is 0 Å². The Morgan fingerprint density at radius 1 is 1.24 bits per heavy atom. The fourth-order valence-corrected chi connectivity index (χ4v) is 2.94. The molecule has 0 radical (unpaired) electrons. The van der Waals surface area contributed by atoms with E-state index >= 15 is 0 Å². The predicted octanol–water partition coefficient (Wildman–Crippen LogP) is 4.00. The van der Waals surface area contributed by atoms with E-state index in [0.29, 0.717) is 11.5 Å². The largest absolute Gasteiger partial charge is 0.489 e. The Kier molecular flexibility index (Phi) is 5.65. The van der Waals surface area contributed by atoms with Crippen LogP contribution in [0, 0.1) is 6.92 Å². The molecule has 0 amide bonds. The molecule has 0 fully saturated rings. The highest BCUT2D eigenvalue weighted by Gasteiger charge is 2.11. The highest BCUT2D eigenvalue weighted by Crippen LogP contribution is 2.28. The molecule has 0 aliphatic heterocycles. The average Bonchev–Trinajstić information content (AvgIpc) is 2.45. The van der Waals surface area contributed by atoms with Crippen LogP contribution < -0.4 is 4.74 Å². The van der Waals surface area contributed by atoms with Crippen molar-refractivity contribution in [2.45, 2.75) is 37.9 Å². The van der Waals surface area contributed by atoms with Crippen molar-refractivity contribution >= 4 is 11.8 Å². The Balaban J connectivity index is 2.00. The van der Waals surface area contributed by atoms with Gasteiger partial charge < -0.3 is 9.84 Å². The molecule has 0 aliphatic carbocycles. The zero-order valence-electron chi connectivity index (χ0n) is 12.6. The molecule has 1 heterocycles. The van der Waals surface area contributed by atoms with Crippen molar-refractivity contribution in [3.8, 4) is 5.75 Å². The quantitative estimate of drug-likeness (QED) is 0.819. The standard InChI is InChI=1S/C17H21NO2S/c1-12(2)20-15-8-14(9-18-10-15)16(19)11-21-17-7-5-4-6-13(17)3/h4-10,12,16,19H,11H2,1-3H3. The third-order valence-electron chi connectivity index (χ3n) is 2.98. The van der Waals surface area contributed by atoms with Gasteiger partial charge in [-0.25, -0.2) is 0 Å². The highest BCUT2D eigenvalue weighted by atomic mass is 32.2. The molecule has 1 aromatic heterocycles. The Labute approximate surface area is 130 Å². The van der Waals surface area contributed by atoms with E-state index in [1.807, 2.05) is 32.0 Å². The average molecular weight is 303 g/mol. The first-order chi connectivity index (χ1) is 10.1. The van der Waals surface area contributed by atoms with Gasteiger partial charge in [-0.2, -0.15) is 0 Å². The summed E-state index contributed by atoms with van der Waals surface area (Å²) in [6.07, 6.45) is 2.90. The molecule has 21 heavy (non-hydrogen) atoms. The summed E-state index contributed by atoms with van der Waals surface area (Å²) in [5.41, 5.74) is 2.01. The Bertz CT molecular complexity index is 587. The number of thioether (sulfide) groups is 1. The van der Waals surface area contributed by atoms with Gasteiger partial charge in [0.15, 0.2) is 0 Å². The summed E-state index contributed by atoms with van der Waals surface area (Å²) in [6.45, 7) is 6.02. The molecule has 1 N–H and O–H groups in total. The van der Waals surface area contributed by atoms with Gasteiger partial charge >= 0.3 is 0 Å². The summed E-state index contributed by atoms with van der Waals surface area (Å²) in [7, 11) is 0. The number of aliphatic hydroxyl groups excluding tert-OH is 1. The van der Waals surface area contributed by atoms with Crippen LogP contribution in [-0.2, 0) is 0 Å². The first-order valence-electron chi connectivity index (χ1n) is 7.04. The molecular formula is C17H21NO2S. The highest BCUT2D eigenvalue weighted by molar-refractivity contribution is 7.99. The Morgan fingerprint density at radius 3 is 2.71 bits per heavy atom. The van der Waals surface area contributed by atoms with Crippen molar-refractivity contribution < 1.29 is 9.84 Å². The molecule has 0 saturated heterocycles. The molecule has 1 aromatic carbocycles. The molecule has 1 unspecified atom stereocenters. The molecule has 1 atom stereocenters. The van der Waals surface area contributed by atoms with Crippen molar-refractivity contribution in [3.63, 3.8) is 0 Å². The third kappa shape index (κ3) is 4.76. The molecule has 0 saturated carbocycles. The van der Waals surface area contributed by atoms with Crippen LogP contribution in [0.5, 0.6) is 5.75 Å². The number of aliphatic hydroxyl groups is 1. The number of pyridine rings is 1. The molecule has 2 rings (SSSR count). The maximum Gasteiger partial charge on any atom is 0.138 e. The summed E-state index contributed by atoms with van der Waals surface area (Å²) < 4.78 is 5.61. The van der Waals surface area contributed by atoms with E-state index in [-0.39, 0.29) is 6.10 Å². The van der Waals surface area contributed by atoms with Crippen LogP contribution in [0.3, 0.4) is 0 Å². The van der Waals surface area contributed by atoms with Gasteiger partial charge in [0.1, 0.15) is 5.75 Å². The predicted molar refractivity (Wildman–Crippen MR) is 86.9 cm³/mol. The normalized spacial score (nSPS) is 12.4. The first kappa shape index (κ1) is 15.9. The number of aromatic nitrogens is 1. The van der Waals surface area contributed by atoms with Gasteiger partial charge in [-0.1, -0.05) is 18.2 Å². The van der Waals surface area contributed by atoms with E-state index in [1.54, 1.807) is 24.2 Å². The number of nitrogens with zero attached hydrogens (tertiary/aromatic N) is 1. The van der Waals surface area contributed by atoms with Crippen molar-refractivity contribution in [2.24, 2.45) is 0 Å². The van der Waals surface area contributed by atoms with Crippen molar-refractivity contribution in [3.05, 3.63) is 53.9 Å². The van der Waals surface area contributed by atoms with Gasteiger partial charge in [0.2, 0.25) is 0 Å². The summed E-state index contributed by atoms with van der Waals surface area (Å²) in [5.74, 6) is 1.29. The van der Waals surface area contributed by atoms with Crippen LogP contribution >= 0.6 is 11.8 Å². The number of ether oxygens (including phenoxy) is 1. The zero-order valence-corrected chi connectivity index (χ0v) is 13.4. The second-order valence-corrected chi connectivity index (χ2v) is 6.27. The van der Waals surface area contributed by atoms with Gasteiger partial charge in [0.05, 0.1) is 18.4 Å². The molecule has 0 bridgehead atoms. The van der Waals surface area contributed by atoms with Crippen LogP contribution in [0.4, 0.5) is 0 Å². The number of hydrogen-bond donors (Lipinski definition) is 1. The van der Waals surface area contributed by atoms with Crippen LogP contribution in [-0.4, -0.2) is 21.9 Å². The van der Waals surface area contributed by atoms with Crippen molar-refractivity contribution in [2.75, 3.05) is 5.75 Å². The maximum atomic E-state index is 10.3. The fourth-order valence-electron chi connectivity index (χ4n) is 1.94. The lowest BCUT2D eigenvalue weighted by Gasteiger charge is -2.14. The van der Waals surface area contributed by atoms with Crippen LogP contribution in [0.2, 0.25) is 0 Å². The summed E-state index contributed by atoms with van der Waals surface area (Å²) in [4.78, 5) is 5.33. The van der Waals surface area contributed by atoms with Gasteiger partial charge in [0, 0.05) is 22.4 Å². The zero-order chi connectivity index (χ0) is 15.2. The van der Waals surface area contributed by atoms with E-state index in [4.69, 9.17) is 4.74 Å². The van der Waals surface area contributed by atoms with Crippen LogP contribution in [0.25, 0.3) is 0 Å². The van der Waals surface area contributed by atoms with Crippen molar-refractivity contribution in [1.82, 2.24) is 4.98 Å². The van der Waals surface area contributed by atoms with E-state index in [2.05, 4.69) is 24.0 Å². The minimum atomic E-state index is -0.558. The number of hydrogen-bond acceptors (Lipinski definition) is 4. The molecule has 3 nitrogen and oxygen atoms in total. The summed E-state index contributed by atoms with van der Waals surface area (Å²) in [6, 6.07) is 10.0. The Morgan fingerprint density at radius 2 is 2.00 bits per heavy atom. The molecule has 4 heteroatoms. The third-order valence-corrected chi connectivity index (χ3v) is 4.23. The first-order valence-corrected chi connectivity index (χ1v) is 8.03. The lowest BCUT2D eigenvalue weighted by atomic mass is 10.2. The molecule has 112 valence electrons. The molecule has 0 spiro atoms. The molecule has 2 aromatic rings. The lowest BCUT2D eigenvalue weighted by molar-refractivity contribution is 0.201. The smallest absolute Gasteiger partial charge is 0.138 e. The minimum Gasteiger partial charge on any atom is -0.489 e. The number of benzene rings is 1. The number of rotatable bonds is 6. The van der Waals surface area contributed by atoms with Gasteiger partial charge in [-0.3, -0.25) is 4.98 Å². The van der Waals surface area contributed by atoms with E-state index in [1.165, 1.54) is 10.5 Å². The monoisotopic (exact) mass is 303 g/mol. The Hall–Kier alpha value is -1.52. The summed E-state index contributed by atoms with van der Waals surface area (Å²) in [5, 5.41) is 10.3. The fraction of sp³-hybridized carbons (Fsp3) is 0.353. The van der Waals surface area contributed by atoms with Crippen LogP contribution in [0.15, 0.2) is 47.6 Å². The van der Waals surface area contributed by atoms with E-state index in [0.717, 1.165) is 5.56 Å². The van der Waals surface area contributed by atoms with Gasteiger partial charge in [0.25, 0.3) is 0 Å². The second-order valence-electron chi connectivity index (χ2n) is 5.21. The molecule has 0 aliphatic rings. The van der Waals surface area contributed by atoms with E-state index in [9.17, 15) is 5.11 Å². The maximum absolute atomic E-state index is 10.3. The van der Waals surface area contributed by atoms with Gasteiger partial charge in [-0.15, -0.1) is 11.8 Å². The van der Waals surface area contributed by atoms with Gasteiger partial charge in [-0.05, 0) is 38.5 Å². The SMILES string of the molecule is Cc1ccccc1SCC(O)c1cncc(OC(C)C)c1.